The third-order valence-corrected chi connectivity index (χ3v) is 8.30. The summed E-state index contributed by atoms with van der Waals surface area (Å²) in [6, 6.07) is 0. The zero-order valence-corrected chi connectivity index (χ0v) is 13.8. The number of Topliss-reactive ketones (excluding diaryl/α,β-unsaturated/α-hetero) is 2. The minimum absolute atomic E-state index is 0.199. The lowest BCUT2D eigenvalue weighted by Gasteiger charge is -2.60. The van der Waals surface area contributed by atoms with E-state index >= 15 is 0 Å². The van der Waals surface area contributed by atoms with E-state index in [0.717, 1.165) is 38.5 Å². The van der Waals surface area contributed by atoms with E-state index in [0.29, 0.717) is 42.3 Å². The molecule has 0 radical (unpaired) electrons. The van der Waals surface area contributed by atoms with Gasteiger partial charge in [-0.1, -0.05) is 6.92 Å². The summed E-state index contributed by atoms with van der Waals surface area (Å²) in [6.45, 7) is 4.39. The van der Waals surface area contributed by atoms with E-state index < -0.39 is 11.5 Å². The maximum absolute atomic E-state index is 12.4. The molecule has 0 heterocycles. The largest absolute Gasteiger partial charge is 0.392 e. The zero-order valence-electron chi connectivity index (χ0n) is 13.8. The minimum atomic E-state index is -0.491. The van der Waals surface area contributed by atoms with Crippen LogP contribution in [0.5, 0.6) is 0 Å². The van der Waals surface area contributed by atoms with E-state index in [1.165, 1.54) is 0 Å². The summed E-state index contributed by atoms with van der Waals surface area (Å²) in [5.74, 6) is 2.66. The summed E-state index contributed by atoms with van der Waals surface area (Å²) < 4.78 is 0. The molecule has 0 aromatic rings. The molecule has 0 aromatic carbocycles. The third-order valence-electron chi connectivity index (χ3n) is 8.30. The molecule has 0 bridgehead atoms. The lowest BCUT2D eigenvalue weighted by atomic mass is 9.44. The van der Waals surface area contributed by atoms with Crippen molar-refractivity contribution in [1.29, 1.82) is 0 Å². The highest BCUT2D eigenvalue weighted by Crippen LogP contribution is 2.65. The van der Waals surface area contributed by atoms with Gasteiger partial charge in [0.2, 0.25) is 0 Å². The molecule has 4 saturated carbocycles. The Kier molecular flexibility index (Phi) is 3.15. The van der Waals surface area contributed by atoms with Crippen LogP contribution in [0, 0.1) is 34.5 Å². The third kappa shape index (κ3) is 1.72. The van der Waals surface area contributed by atoms with Crippen LogP contribution < -0.4 is 0 Å². The Bertz CT molecular complexity index is 527. The Morgan fingerprint density at radius 3 is 2.59 bits per heavy atom. The Balaban J connectivity index is 1.69. The van der Waals surface area contributed by atoms with Gasteiger partial charge in [-0.25, -0.2) is 0 Å². The summed E-state index contributed by atoms with van der Waals surface area (Å²) >= 11 is 0. The Morgan fingerprint density at radius 2 is 1.82 bits per heavy atom. The molecular weight excluding hydrogens is 276 g/mol. The predicted octanol–water partition coefficient (Wildman–Crippen LogP) is 3.14. The van der Waals surface area contributed by atoms with Crippen LogP contribution in [0.25, 0.3) is 0 Å². The van der Waals surface area contributed by atoms with Crippen LogP contribution in [-0.2, 0) is 9.59 Å². The van der Waals surface area contributed by atoms with Crippen molar-refractivity contribution in [2.75, 3.05) is 0 Å². The number of fused-ring (bicyclic) bond motifs is 5. The van der Waals surface area contributed by atoms with E-state index in [1.54, 1.807) is 0 Å². The molecule has 7 atom stereocenters. The maximum Gasteiger partial charge on any atom is 0.141 e. The number of hydrogen-bond acceptors (Lipinski definition) is 3. The van der Waals surface area contributed by atoms with Crippen molar-refractivity contribution in [3.8, 4) is 0 Å². The molecule has 3 nitrogen and oxygen atoms in total. The van der Waals surface area contributed by atoms with Gasteiger partial charge in [-0.2, -0.15) is 0 Å². The normalized spacial score (nSPS) is 54.6. The van der Waals surface area contributed by atoms with Gasteiger partial charge in [0.05, 0.1) is 11.5 Å². The van der Waals surface area contributed by atoms with E-state index in [-0.39, 0.29) is 11.2 Å². The predicted molar refractivity (Wildman–Crippen MR) is 83.1 cm³/mol. The highest BCUT2D eigenvalue weighted by molar-refractivity contribution is 5.88. The van der Waals surface area contributed by atoms with E-state index in [2.05, 4.69) is 6.92 Å². The molecule has 122 valence electrons. The Hall–Kier alpha value is -0.700. The molecule has 4 aliphatic rings. The summed E-state index contributed by atoms with van der Waals surface area (Å²) in [6.07, 6.45) is 6.64. The fourth-order valence-electron chi connectivity index (χ4n) is 6.79. The average molecular weight is 304 g/mol. The Labute approximate surface area is 132 Å². The lowest BCUT2D eigenvalue weighted by Crippen LogP contribution is -2.58. The summed E-state index contributed by atoms with van der Waals surface area (Å²) in [5.41, 5.74) is -0.292. The first-order valence-electron chi connectivity index (χ1n) is 9.10. The van der Waals surface area contributed by atoms with Crippen molar-refractivity contribution in [1.82, 2.24) is 0 Å². The second-order valence-electron chi connectivity index (χ2n) is 8.90. The van der Waals surface area contributed by atoms with Crippen molar-refractivity contribution in [2.45, 2.75) is 71.3 Å². The van der Waals surface area contributed by atoms with Crippen LogP contribution in [0.4, 0.5) is 0 Å². The molecule has 4 rings (SSSR count). The molecule has 1 N–H and O–H groups in total. The monoisotopic (exact) mass is 304 g/mol. The molecule has 0 spiro atoms. The summed E-state index contributed by atoms with van der Waals surface area (Å²) in [5, 5.41) is 10.8. The SMILES string of the molecule is C[C@]12CCC(=O)CC1CC[C@@H]1[C@@H]2CC(O)[C@]2(C)C(=O)CC[C@@H]12. The number of rotatable bonds is 0. The van der Waals surface area contributed by atoms with Crippen molar-refractivity contribution in [3.63, 3.8) is 0 Å². The van der Waals surface area contributed by atoms with Crippen molar-refractivity contribution in [2.24, 2.45) is 34.5 Å². The topological polar surface area (TPSA) is 54.4 Å². The highest BCUT2D eigenvalue weighted by atomic mass is 16.3. The van der Waals surface area contributed by atoms with Crippen molar-refractivity contribution < 1.29 is 14.7 Å². The molecule has 2 unspecified atom stereocenters. The van der Waals surface area contributed by atoms with Crippen molar-refractivity contribution in [3.05, 3.63) is 0 Å². The zero-order chi connectivity index (χ0) is 15.7. The number of aliphatic hydroxyl groups is 1. The van der Waals surface area contributed by atoms with Gasteiger partial charge in [-0.15, -0.1) is 0 Å². The molecule has 0 aromatic heterocycles. The fraction of sp³-hybridized carbons (Fsp3) is 0.895. The fourth-order valence-corrected chi connectivity index (χ4v) is 6.79. The van der Waals surface area contributed by atoms with E-state index in [9.17, 15) is 14.7 Å². The van der Waals surface area contributed by atoms with Gasteiger partial charge in [0, 0.05) is 19.3 Å². The van der Waals surface area contributed by atoms with Crippen LogP contribution in [-0.4, -0.2) is 22.8 Å². The second kappa shape index (κ2) is 4.66. The molecule has 22 heavy (non-hydrogen) atoms. The van der Waals surface area contributed by atoms with Gasteiger partial charge in [0.1, 0.15) is 11.6 Å². The minimum Gasteiger partial charge on any atom is -0.392 e. The molecule has 4 fully saturated rings. The van der Waals surface area contributed by atoms with Crippen LogP contribution >= 0.6 is 0 Å². The summed E-state index contributed by atoms with van der Waals surface area (Å²) in [7, 11) is 0. The molecular formula is C19H28O3. The smallest absolute Gasteiger partial charge is 0.141 e. The van der Waals surface area contributed by atoms with Crippen LogP contribution in [0.3, 0.4) is 0 Å². The molecule has 3 heteroatoms. The summed E-state index contributed by atoms with van der Waals surface area (Å²) in [4.78, 5) is 24.3. The number of aliphatic hydroxyl groups excluding tert-OH is 1. The van der Waals surface area contributed by atoms with Crippen LogP contribution in [0.15, 0.2) is 0 Å². The maximum atomic E-state index is 12.4. The average Bonchev–Trinajstić information content (AvgIpc) is 2.79. The Morgan fingerprint density at radius 1 is 1.05 bits per heavy atom. The molecule has 0 aliphatic heterocycles. The lowest BCUT2D eigenvalue weighted by molar-refractivity contribution is -0.166. The molecule has 0 amide bonds. The first-order chi connectivity index (χ1) is 10.4. The first-order valence-corrected chi connectivity index (χ1v) is 9.10. The highest BCUT2D eigenvalue weighted by Gasteiger charge is 2.63. The van der Waals surface area contributed by atoms with Gasteiger partial charge in [-0.05, 0) is 68.1 Å². The van der Waals surface area contributed by atoms with Gasteiger partial charge in [0.25, 0.3) is 0 Å². The molecule has 4 aliphatic carbocycles. The number of carbonyl (C=O) groups excluding carboxylic acids is 2. The first kappa shape index (κ1) is 14.9. The van der Waals surface area contributed by atoms with Gasteiger partial charge < -0.3 is 5.11 Å². The quantitative estimate of drug-likeness (QED) is 0.748. The number of carbonyl (C=O) groups is 2. The van der Waals surface area contributed by atoms with Crippen molar-refractivity contribution >= 4 is 11.6 Å². The van der Waals surface area contributed by atoms with Gasteiger partial charge in [0.15, 0.2) is 0 Å². The molecule has 0 saturated heterocycles. The van der Waals surface area contributed by atoms with Crippen LogP contribution in [0.2, 0.25) is 0 Å². The standard InChI is InChI=1S/C19H28O3/c1-18-8-7-12(20)9-11(18)3-4-13-14-5-6-16(21)19(14,2)17(22)10-15(13)18/h11,13-15,17,22H,3-10H2,1-2H3/t11?,13-,14-,15-,17?,18-,19-/m0/s1. The number of ketones is 2. The second-order valence-corrected chi connectivity index (χ2v) is 8.90. The van der Waals surface area contributed by atoms with Crippen LogP contribution in [0.1, 0.15) is 65.2 Å². The van der Waals surface area contributed by atoms with E-state index in [4.69, 9.17) is 0 Å². The van der Waals surface area contributed by atoms with E-state index in [1.807, 2.05) is 6.92 Å². The van der Waals surface area contributed by atoms with Gasteiger partial charge >= 0.3 is 0 Å². The number of hydrogen-bond donors (Lipinski definition) is 1. The van der Waals surface area contributed by atoms with Gasteiger partial charge in [-0.3, -0.25) is 9.59 Å².